The number of anilines is 1. The quantitative estimate of drug-likeness (QED) is 0.836. The Hall–Kier alpha value is -1.93. The number of urea groups is 1. The number of nitrogens with one attached hydrogen (secondary N) is 2. The van der Waals surface area contributed by atoms with E-state index in [9.17, 15) is 4.79 Å². The largest absolute Gasteiger partial charge is 0.373 e. The second-order valence-electron chi connectivity index (χ2n) is 5.56. The van der Waals surface area contributed by atoms with Crippen molar-refractivity contribution in [3.63, 3.8) is 0 Å². The molecule has 0 radical (unpaired) electrons. The standard InChI is InChI=1S/C15H18BrN5O2/c1-3-23-15(2)8-11(15)19-14(22)20-13-6-7-18-21(13)12-5-4-10(16)9-17-12/h4-7,9,11H,3,8H2,1-2H3,(H2,19,20,22)/t11-,15+/m1/s1. The smallest absolute Gasteiger partial charge is 0.320 e. The third kappa shape index (κ3) is 3.53. The van der Waals surface area contributed by atoms with Crippen LogP contribution in [0.5, 0.6) is 0 Å². The maximum Gasteiger partial charge on any atom is 0.320 e. The fraction of sp³-hybridized carbons (Fsp3) is 0.400. The van der Waals surface area contributed by atoms with Crippen molar-refractivity contribution in [1.82, 2.24) is 20.1 Å². The lowest BCUT2D eigenvalue weighted by molar-refractivity contribution is 0.0494. The third-order valence-electron chi connectivity index (χ3n) is 3.78. The highest BCUT2D eigenvalue weighted by molar-refractivity contribution is 9.10. The molecule has 0 aromatic carbocycles. The number of carbonyl (C=O) groups is 1. The number of halogens is 1. The number of pyridine rings is 1. The lowest BCUT2D eigenvalue weighted by Crippen LogP contribution is -2.36. The van der Waals surface area contributed by atoms with Crippen LogP contribution < -0.4 is 10.6 Å². The zero-order valence-corrected chi connectivity index (χ0v) is 14.5. The number of hydrogen-bond donors (Lipinski definition) is 2. The van der Waals surface area contributed by atoms with Gasteiger partial charge in [0, 0.05) is 29.8 Å². The van der Waals surface area contributed by atoms with Gasteiger partial charge in [-0.15, -0.1) is 0 Å². The second kappa shape index (κ2) is 6.29. The molecule has 0 unspecified atom stereocenters. The first-order valence-electron chi connectivity index (χ1n) is 7.39. The van der Waals surface area contributed by atoms with Crippen LogP contribution in [0.1, 0.15) is 20.3 Å². The molecule has 2 amide bonds. The van der Waals surface area contributed by atoms with Gasteiger partial charge in [-0.05, 0) is 41.9 Å². The van der Waals surface area contributed by atoms with Crippen molar-refractivity contribution in [3.05, 3.63) is 35.1 Å². The second-order valence-corrected chi connectivity index (χ2v) is 6.48. The Bertz CT molecular complexity index is 702. The summed E-state index contributed by atoms with van der Waals surface area (Å²) in [6, 6.07) is 5.15. The van der Waals surface area contributed by atoms with Crippen LogP contribution in [-0.2, 0) is 4.74 Å². The lowest BCUT2D eigenvalue weighted by Gasteiger charge is -2.13. The summed E-state index contributed by atoms with van der Waals surface area (Å²) < 4.78 is 8.07. The SMILES string of the molecule is CCO[C@@]1(C)C[C@H]1NC(=O)Nc1ccnn1-c1ccc(Br)cn1. The Morgan fingerprint density at radius 2 is 2.35 bits per heavy atom. The fourth-order valence-electron chi connectivity index (χ4n) is 2.42. The Labute approximate surface area is 142 Å². The van der Waals surface area contributed by atoms with E-state index in [4.69, 9.17) is 4.74 Å². The molecule has 1 fully saturated rings. The van der Waals surface area contributed by atoms with Gasteiger partial charge in [-0.25, -0.2) is 9.78 Å². The molecule has 8 heteroatoms. The molecule has 2 heterocycles. The summed E-state index contributed by atoms with van der Waals surface area (Å²) in [5.41, 5.74) is -0.250. The van der Waals surface area contributed by atoms with E-state index in [0.29, 0.717) is 18.2 Å². The van der Waals surface area contributed by atoms with Crippen LogP contribution in [0.3, 0.4) is 0 Å². The minimum atomic E-state index is -0.280. The number of amides is 2. The number of ether oxygens (including phenoxy) is 1. The van der Waals surface area contributed by atoms with Crippen molar-refractivity contribution in [2.75, 3.05) is 11.9 Å². The fourth-order valence-corrected chi connectivity index (χ4v) is 2.66. The first kappa shape index (κ1) is 15.9. The van der Waals surface area contributed by atoms with Crippen LogP contribution in [-0.4, -0.2) is 39.0 Å². The first-order chi connectivity index (χ1) is 11.0. The summed E-state index contributed by atoms with van der Waals surface area (Å²) in [6.45, 7) is 4.58. The molecule has 2 N–H and O–H groups in total. The summed E-state index contributed by atoms with van der Waals surface area (Å²) in [7, 11) is 0. The zero-order chi connectivity index (χ0) is 16.4. The van der Waals surface area contributed by atoms with E-state index < -0.39 is 0 Å². The molecule has 2 aromatic rings. The zero-order valence-electron chi connectivity index (χ0n) is 12.9. The molecule has 2 atom stereocenters. The Morgan fingerprint density at radius 1 is 1.52 bits per heavy atom. The van der Waals surface area contributed by atoms with Crippen LogP contribution in [0.25, 0.3) is 5.82 Å². The molecule has 1 saturated carbocycles. The van der Waals surface area contributed by atoms with E-state index in [0.717, 1.165) is 10.9 Å². The average molecular weight is 380 g/mol. The van der Waals surface area contributed by atoms with Crippen LogP contribution in [0.4, 0.5) is 10.6 Å². The summed E-state index contributed by atoms with van der Waals surface area (Å²) in [6.07, 6.45) is 4.11. The highest BCUT2D eigenvalue weighted by atomic mass is 79.9. The topological polar surface area (TPSA) is 81.1 Å². The lowest BCUT2D eigenvalue weighted by atomic mass is 10.4. The summed E-state index contributed by atoms with van der Waals surface area (Å²) in [5.74, 6) is 1.18. The molecule has 3 rings (SSSR count). The number of hydrogen-bond acceptors (Lipinski definition) is 4. The normalized spacial score (nSPS) is 22.7. The molecule has 0 aliphatic heterocycles. The predicted octanol–water partition coefficient (Wildman–Crippen LogP) is 2.72. The van der Waals surface area contributed by atoms with E-state index in [1.54, 1.807) is 23.1 Å². The van der Waals surface area contributed by atoms with Gasteiger partial charge in [-0.3, -0.25) is 5.32 Å². The van der Waals surface area contributed by atoms with E-state index in [1.807, 2.05) is 26.0 Å². The monoisotopic (exact) mass is 379 g/mol. The molecule has 0 saturated heterocycles. The van der Waals surface area contributed by atoms with Gasteiger partial charge in [0.1, 0.15) is 5.82 Å². The van der Waals surface area contributed by atoms with Gasteiger partial charge in [-0.1, -0.05) is 0 Å². The number of rotatable bonds is 5. The molecule has 0 bridgehead atoms. The summed E-state index contributed by atoms with van der Waals surface area (Å²) >= 11 is 3.34. The molecular formula is C15H18BrN5O2. The van der Waals surface area contributed by atoms with Crippen molar-refractivity contribution in [2.45, 2.75) is 31.9 Å². The average Bonchev–Trinajstić information content (AvgIpc) is 2.93. The number of aromatic nitrogens is 3. The maximum atomic E-state index is 12.1. The van der Waals surface area contributed by atoms with Crippen LogP contribution in [0.2, 0.25) is 0 Å². The van der Waals surface area contributed by atoms with Crippen molar-refractivity contribution in [3.8, 4) is 5.82 Å². The molecule has 2 aromatic heterocycles. The van der Waals surface area contributed by atoms with Gasteiger partial charge in [0.25, 0.3) is 0 Å². The maximum absolute atomic E-state index is 12.1. The van der Waals surface area contributed by atoms with Gasteiger partial charge >= 0.3 is 6.03 Å². The van der Waals surface area contributed by atoms with Gasteiger partial charge in [-0.2, -0.15) is 9.78 Å². The molecule has 0 spiro atoms. The molecule has 7 nitrogen and oxygen atoms in total. The van der Waals surface area contributed by atoms with Gasteiger partial charge in [0.15, 0.2) is 5.82 Å². The molecular weight excluding hydrogens is 362 g/mol. The Balaban J connectivity index is 1.64. The Morgan fingerprint density at radius 3 is 3.04 bits per heavy atom. The minimum absolute atomic E-state index is 0.0321. The van der Waals surface area contributed by atoms with Crippen molar-refractivity contribution >= 4 is 27.8 Å². The van der Waals surface area contributed by atoms with E-state index in [1.165, 1.54) is 0 Å². The van der Waals surface area contributed by atoms with Crippen molar-refractivity contribution in [1.29, 1.82) is 0 Å². The van der Waals surface area contributed by atoms with Crippen LogP contribution in [0.15, 0.2) is 35.1 Å². The van der Waals surface area contributed by atoms with Gasteiger partial charge in [0.2, 0.25) is 0 Å². The van der Waals surface area contributed by atoms with Gasteiger partial charge < -0.3 is 10.1 Å². The summed E-state index contributed by atoms with van der Waals surface area (Å²) in [5, 5.41) is 9.90. The van der Waals surface area contributed by atoms with E-state index >= 15 is 0 Å². The summed E-state index contributed by atoms with van der Waals surface area (Å²) in [4.78, 5) is 16.4. The first-order valence-corrected chi connectivity index (χ1v) is 8.18. The predicted molar refractivity (Wildman–Crippen MR) is 89.6 cm³/mol. The highest BCUT2D eigenvalue weighted by Gasteiger charge is 2.52. The molecule has 23 heavy (non-hydrogen) atoms. The van der Waals surface area contributed by atoms with Crippen molar-refractivity contribution < 1.29 is 9.53 Å². The third-order valence-corrected chi connectivity index (χ3v) is 4.25. The number of nitrogens with zero attached hydrogens (tertiary/aromatic N) is 3. The molecule has 1 aliphatic rings. The van der Waals surface area contributed by atoms with Crippen molar-refractivity contribution in [2.24, 2.45) is 0 Å². The van der Waals surface area contributed by atoms with Crippen LogP contribution >= 0.6 is 15.9 Å². The van der Waals surface area contributed by atoms with E-state index in [2.05, 4.69) is 36.6 Å². The highest BCUT2D eigenvalue weighted by Crippen LogP contribution is 2.39. The minimum Gasteiger partial charge on any atom is -0.373 e. The van der Waals surface area contributed by atoms with Gasteiger partial charge in [0.05, 0.1) is 17.8 Å². The number of carbonyl (C=O) groups excluding carboxylic acids is 1. The van der Waals surface area contributed by atoms with Crippen LogP contribution in [0, 0.1) is 0 Å². The van der Waals surface area contributed by atoms with E-state index in [-0.39, 0.29) is 17.7 Å². The molecule has 122 valence electrons. The Kier molecular flexibility index (Phi) is 4.36. The molecule has 1 aliphatic carbocycles.